The molecular formula is C24H24O8. The fourth-order valence-corrected chi connectivity index (χ4v) is 3.49. The molecule has 2 aliphatic rings. The summed E-state index contributed by atoms with van der Waals surface area (Å²) in [6.45, 7) is 6.83. The van der Waals surface area contributed by atoms with Crippen LogP contribution in [0.5, 0.6) is 40.2 Å². The van der Waals surface area contributed by atoms with E-state index in [0.717, 1.165) is 0 Å². The number of ether oxygens (including phenoxy) is 4. The first-order chi connectivity index (χ1) is 14.9. The lowest BCUT2D eigenvalue weighted by atomic mass is 9.99. The highest BCUT2D eigenvalue weighted by Crippen LogP contribution is 2.52. The molecule has 2 heterocycles. The van der Waals surface area contributed by atoms with Crippen molar-refractivity contribution in [2.24, 2.45) is 0 Å². The summed E-state index contributed by atoms with van der Waals surface area (Å²) in [7, 11) is 1.35. The molecule has 3 N–H and O–H groups in total. The van der Waals surface area contributed by atoms with Gasteiger partial charge in [-0.3, -0.25) is 0 Å². The molecule has 0 unspecified atom stereocenters. The Labute approximate surface area is 184 Å². The third-order valence-electron chi connectivity index (χ3n) is 4.98. The lowest BCUT2D eigenvalue weighted by Crippen LogP contribution is -2.27. The molecule has 0 amide bonds. The van der Waals surface area contributed by atoms with Crippen molar-refractivity contribution in [3.05, 3.63) is 41.0 Å². The molecule has 8 heteroatoms. The number of benzene rings is 2. The van der Waals surface area contributed by atoms with E-state index >= 15 is 0 Å². The smallest absolute Gasteiger partial charge is 0.351 e. The minimum Gasteiger partial charge on any atom is -0.506 e. The molecule has 0 spiro atoms. The lowest BCUT2D eigenvalue weighted by Gasteiger charge is -2.28. The molecule has 0 aromatic heterocycles. The third-order valence-corrected chi connectivity index (χ3v) is 4.98. The van der Waals surface area contributed by atoms with Gasteiger partial charge in [0.05, 0.1) is 23.8 Å². The van der Waals surface area contributed by atoms with E-state index in [4.69, 9.17) is 18.9 Å². The molecule has 8 nitrogen and oxygen atoms in total. The number of carbonyl (C=O) groups is 1. The average molecular weight is 440 g/mol. The monoisotopic (exact) mass is 440 g/mol. The fourth-order valence-electron chi connectivity index (χ4n) is 3.49. The minimum absolute atomic E-state index is 0.0121. The van der Waals surface area contributed by atoms with E-state index < -0.39 is 17.2 Å². The van der Waals surface area contributed by atoms with Gasteiger partial charge >= 0.3 is 5.97 Å². The van der Waals surface area contributed by atoms with Crippen LogP contribution in [0.25, 0.3) is 12.2 Å². The molecule has 2 aromatic carbocycles. The number of esters is 1. The van der Waals surface area contributed by atoms with Crippen LogP contribution in [0.2, 0.25) is 0 Å². The van der Waals surface area contributed by atoms with Crippen LogP contribution in [0.15, 0.2) is 24.3 Å². The second kappa shape index (κ2) is 7.20. The Morgan fingerprint density at radius 3 is 2.47 bits per heavy atom. The van der Waals surface area contributed by atoms with Crippen molar-refractivity contribution in [1.29, 1.82) is 0 Å². The standard InChI is InChI=1S/C24H24O8/c1-23(2,28)8-6-13-20(29-5)14(25)10-17-21(13)31-22(27)18-16(30-17)11-15-12(19(18)26)7-9-24(3,4)32-15/h6-11,25-26,28H,1-5H3/b8-6+. The van der Waals surface area contributed by atoms with Gasteiger partial charge in [0.1, 0.15) is 28.4 Å². The van der Waals surface area contributed by atoms with Crippen molar-refractivity contribution in [2.75, 3.05) is 7.11 Å². The number of aliphatic hydroxyl groups is 1. The van der Waals surface area contributed by atoms with Gasteiger partial charge in [-0.05, 0) is 45.9 Å². The molecule has 0 fully saturated rings. The predicted molar refractivity (Wildman–Crippen MR) is 117 cm³/mol. The van der Waals surface area contributed by atoms with Crippen molar-refractivity contribution in [1.82, 2.24) is 0 Å². The first-order valence-corrected chi connectivity index (χ1v) is 9.94. The Morgan fingerprint density at radius 1 is 1.09 bits per heavy atom. The molecule has 0 radical (unpaired) electrons. The number of hydrogen-bond acceptors (Lipinski definition) is 8. The van der Waals surface area contributed by atoms with Gasteiger partial charge in [0.15, 0.2) is 23.0 Å². The molecule has 2 aromatic rings. The van der Waals surface area contributed by atoms with Gasteiger partial charge in [-0.15, -0.1) is 0 Å². The quantitative estimate of drug-likeness (QED) is 0.475. The molecule has 0 saturated carbocycles. The number of methoxy groups -OCH3 is 1. The first kappa shape index (κ1) is 21.6. The maximum atomic E-state index is 13.0. The summed E-state index contributed by atoms with van der Waals surface area (Å²) in [5.41, 5.74) is -1.46. The van der Waals surface area contributed by atoms with Crippen molar-refractivity contribution < 1.29 is 39.1 Å². The summed E-state index contributed by atoms with van der Waals surface area (Å²) in [4.78, 5) is 13.0. The van der Waals surface area contributed by atoms with E-state index in [2.05, 4.69) is 0 Å². The summed E-state index contributed by atoms with van der Waals surface area (Å²) in [6.07, 6.45) is 6.35. The summed E-state index contributed by atoms with van der Waals surface area (Å²) in [5.74, 6) is -1.09. The van der Waals surface area contributed by atoms with Crippen LogP contribution < -0.4 is 18.9 Å². The highest BCUT2D eigenvalue weighted by Gasteiger charge is 2.34. The van der Waals surface area contributed by atoms with Gasteiger partial charge in [0.25, 0.3) is 0 Å². The molecule has 0 aliphatic carbocycles. The Morgan fingerprint density at radius 2 is 1.81 bits per heavy atom. The predicted octanol–water partition coefficient (Wildman–Crippen LogP) is 4.40. The van der Waals surface area contributed by atoms with E-state index in [1.54, 1.807) is 26.0 Å². The van der Waals surface area contributed by atoms with Crippen molar-refractivity contribution >= 4 is 18.1 Å². The average Bonchev–Trinajstić information content (AvgIpc) is 2.80. The summed E-state index contributed by atoms with van der Waals surface area (Å²) in [5, 5.41) is 31.4. The number of aromatic hydroxyl groups is 2. The van der Waals surface area contributed by atoms with Gasteiger partial charge in [-0.25, -0.2) is 4.79 Å². The van der Waals surface area contributed by atoms with Gasteiger partial charge in [0.2, 0.25) is 0 Å². The SMILES string of the molecule is COc1c(O)cc2c(c1/C=C/C(C)(C)O)OC(=O)c1c(cc3c(c1O)C=CC(C)(C)O3)O2. The normalized spacial score (nSPS) is 16.2. The summed E-state index contributed by atoms with van der Waals surface area (Å²) in [6, 6.07) is 2.75. The lowest BCUT2D eigenvalue weighted by molar-refractivity contribution is 0.0733. The van der Waals surface area contributed by atoms with Crippen LogP contribution in [-0.2, 0) is 0 Å². The Balaban J connectivity index is 1.91. The largest absolute Gasteiger partial charge is 0.506 e. The molecule has 4 rings (SSSR count). The zero-order chi connectivity index (χ0) is 23.4. The number of phenols is 2. The third kappa shape index (κ3) is 3.73. The molecule has 0 saturated heterocycles. The summed E-state index contributed by atoms with van der Waals surface area (Å²) >= 11 is 0. The van der Waals surface area contributed by atoms with Crippen LogP contribution in [0.4, 0.5) is 0 Å². The maximum absolute atomic E-state index is 13.0. The van der Waals surface area contributed by atoms with E-state index in [0.29, 0.717) is 11.3 Å². The number of rotatable bonds is 3. The second-order valence-corrected chi connectivity index (χ2v) is 8.70. The zero-order valence-electron chi connectivity index (χ0n) is 18.3. The van der Waals surface area contributed by atoms with Crippen LogP contribution in [0, 0.1) is 0 Å². The van der Waals surface area contributed by atoms with Crippen molar-refractivity contribution in [3.8, 4) is 40.2 Å². The van der Waals surface area contributed by atoms with Crippen molar-refractivity contribution in [2.45, 2.75) is 38.9 Å². The topological polar surface area (TPSA) is 115 Å². The Kier molecular flexibility index (Phi) is 4.86. The van der Waals surface area contributed by atoms with Gasteiger partial charge in [-0.1, -0.05) is 6.08 Å². The number of hydrogen-bond donors (Lipinski definition) is 3. The summed E-state index contributed by atoms with van der Waals surface area (Å²) < 4.78 is 22.7. The molecule has 32 heavy (non-hydrogen) atoms. The molecule has 168 valence electrons. The van der Waals surface area contributed by atoms with Gasteiger partial charge < -0.3 is 34.3 Å². The van der Waals surface area contributed by atoms with Crippen LogP contribution in [-0.4, -0.2) is 39.6 Å². The molecule has 0 bridgehead atoms. The van der Waals surface area contributed by atoms with E-state index in [1.807, 2.05) is 13.8 Å². The minimum atomic E-state index is -1.18. The van der Waals surface area contributed by atoms with Crippen LogP contribution >= 0.6 is 0 Å². The van der Waals surface area contributed by atoms with Crippen molar-refractivity contribution in [3.63, 3.8) is 0 Å². The first-order valence-electron chi connectivity index (χ1n) is 9.94. The van der Waals surface area contributed by atoms with Crippen LogP contribution in [0.3, 0.4) is 0 Å². The highest BCUT2D eigenvalue weighted by atomic mass is 16.6. The fraction of sp³-hybridized carbons (Fsp3) is 0.292. The molecular weight excluding hydrogens is 416 g/mol. The second-order valence-electron chi connectivity index (χ2n) is 8.70. The zero-order valence-corrected chi connectivity index (χ0v) is 18.3. The van der Waals surface area contributed by atoms with E-state index in [1.165, 1.54) is 31.4 Å². The van der Waals surface area contributed by atoms with E-state index in [9.17, 15) is 20.1 Å². The van der Waals surface area contributed by atoms with Gasteiger partial charge in [-0.2, -0.15) is 0 Å². The maximum Gasteiger partial charge on any atom is 0.351 e. The Bertz CT molecular complexity index is 1180. The number of fused-ring (bicyclic) bond motifs is 3. The van der Waals surface area contributed by atoms with E-state index in [-0.39, 0.29) is 45.6 Å². The molecule has 2 aliphatic heterocycles. The molecule has 0 atom stereocenters. The van der Waals surface area contributed by atoms with Crippen LogP contribution in [0.1, 0.15) is 49.2 Å². The number of phenolic OH excluding ortho intramolecular Hbond substituents is 2. The highest BCUT2D eigenvalue weighted by molar-refractivity contribution is 6.01. The van der Waals surface area contributed by atoms with Gasteiger partial charge in [0, 0.05) is 12.1 Å². The number of carbonyl (C=O) groups excluding carboxylic acids is 1. The Hall–Kier alpha value is -3.65.